The summed E-state index contributed by atoms with van der Waals surface area (Å²) in [7, 11) is 0. The van der Waals surface area contributed by atoms with Crippen LogP contribution in [0.1, 0.15) is 57.8 Å². The van der Waals surface area contributed by atoms with Gasteiger partial charge in [-0.1, -0.05) is 39.0 Å². The lowest BCUT2D eigenvalue weighted by atomic mass is 9.80. The molecule has 0 amide bonds. The summed E-state index contributed by atoms with van der Waals surface area (Å²) < 4.78 is 0. The molecule has 0 atom stereocenters. The topological polar surface area (TPSA) is 3.24 Å². The van der Waals surface area contributed by atoms with E-state index in [9.17, 15) is 0 Å². The lowest BCUT2D eigenvalue weighted by Gasteiger charge is -2.34. The number of piperidine rings is 1. The molecule has 0 bridgehead atoms. The minimum absolute atomic E-state index is 1.05. The maximum Gasteiger partial charge on any atom is -0.00161 e. The van der Waals surface area contributed by atoms with E-state index in [1.54, 1.807) is 0 Å². The standard InChI is InChI=1S/C15H28N/c1-2-10-16-11-8-15(9-12-16)13-14-6-4-3-5-7-14/h14-15H,1-13H2. The van der Waals surface area contributed by atoms with Gasteiger partial charge in [0, 0.05) is 0 Å². The Kier molecular flexibility index (Phi) is 5.15. The fourth-order valence-electron chi connectivity index (χ4n) is 3.56. The first kappa shape index (κ1) is 12.4. The lowest BCUT2D eigenvalue weighted by molar-refractivity contribution is 0.160. The number of hydrogen-bond acceptors (Lipinski definition) is 1. The Morgan fingerprint density at radius 3 is 2.12 bits per heavy atom. The van der Waals surface area contributed by atoms with Gasteiger partial charge < -0.3 is 4.90 Å². The fraction of sp³-hybridized carbons (Fsp3) is 0.933. The van der Waals surface area contributed by atoms with Gasteiger partial charge >= 0.3 is 0 Å². The Balaban J connectivity index is 1.64. The average molecular weight is 222 g/mol. The molecule has 0 N–H and O–H groups in total. The van der Waals surface area contributed by atoms with Gasteiger partial charge in [-0.25, -0.2) is 0 Å². The third-order valence-corrected chi connectivity index (χ3v) is 4.57. The van der Waals surface area contributed by atoms with Gasteiger partial charge in [-0.2, -0.15) is 0 Å². The van der Waals surface area contributed by atoms with Gasteiger partial charge in [0.25, 0.3) is 0 Å². The molecule has 0 aromatic rings. The van der Waals surface area contributed by atoms with Crippen molar-refractivity contribution in [2.45, 2.75) is 57.8 Å². The second-order valence-corrected chi connectivity index (χ2v) is 5.88. The molecule has 0 aromatic heterocycles. The van der Waals surface area contributed by atoms with Crippen molar-refractivity contribution in [3.8, 4) is 0 Å². The number of hydrogen-bond donors (Lipinski definition) is 0. The number of nitrogens with zero attached hydrogens (tertiary/aromatic N) is 1. The van der Waals surface area contributed by atoms with Crippen molar-refractivity contribution in [2.75, 3.05) is 19.6 Å². The highest BCUT2D eigenvalue weighted by molar-refractivity contribution is 4.76. The summed E-state index contributed by atoms with van der Waals surface area (Å²) in [5.74, 6) is 2.13. The average Bonchev–Trinajstić information content (AvgIpc) is 2.33. The van der Waals surface area contributed by atoms with Crippen LogP contribution in [0.5, 0.6) is 0 Å². The molecule has 0 aromatic carbocycles. The maximum atomic E-state index is 3.95. The van der Waals surface area contributed by atoms with Gasteiger partial charge in [0.2, 0.25) is 0 Å². The molecule has 1 saturated heterocycles. The molecule has 0 spiro atoms. The van der Waals surface area contributed by atoms with E-state index in [2.05, 4.69) is 11.8 Å². The van der Waals surface area contributed by atoms with Gasteiger partial charge in [0.15, 0.2) is 0 Å². The van der Waals surface area contributed by atoms with Crippen LogP contribution in [0.15, 0.2) is 0 Å². The maximum absolute atomic E-state index is 3.95. The van der Waals surface area contributed by atoms with Crippen molar-refractivity contribution < 1.29 is 0 Å². The highest BCUT2D eigenvalue weighted by atomic mass is 15.1. The van der Waals surface area contributed by atoms with Crippen LogP contribution in [0, 0.1) is 18.8 Å². The Labute approximate surface area is 102 Å². The van der Waals surface area contributed by atoms with Crippen molar-refractivity contribution >= 4 is 0 Å². The van der Waals surface area contributed by atoms with Crippen molar-refractivity contribution in [2.24, 2.45) is 11.8 Å². The molecule has 93 valence electrons. The van der Waals surface area contributed by atoms with Crippen LogP contribution in [0.2, 0.25) is 0 Å². The Morgan fingerprint density at radius 2 is 1.50 bits per heavy atom. The quantitative estimate of drug-likeness (QED) is 0.697. The van der Waals surface area contributed by atoms with Crippen LogP contribution in [-0.2, 0) is 0 Å². The van der Waals surface area contributed by atoms with E-state index >= 15 is 0 Å². The van der Waals surface area contributed by atoms with Crippen LogP contribution in [0.4, 0.5) is 0 Å². The molecule has 2 rings (SSSR count). The zero-order valence-electron chi connectivity index (χ0n) is 10.8. The van der Waals surface area contributed by atoms with E-state index in [0.717, 1.165) is 18.3 Å². The Bertz CT molecular complexity index is 176. The summed E-state index contributed by atoms with van der Waals surface area (Å²) in [5, 5.41) is 0. The highest BCUT2D eigenvalue weighted by Crippen LogP contribution is 2.32. The first-order valence-electron chi connectivity index (χ1n) is 7.40. The van der Waals surface area contributed by atoms with E-state index in [4.69, 9.17) is 0 Å². The zero-order valence-corrected chi connectivity index (χ0v) is 10.8. The largest absolute Gasteiger partial charge is 0.303 e. The minimum atomic E-state index is 1.05. The predicted molar refractivity (Wildman–Crippen MR) is 70.3 cm³/mol. The molecule has 1 heteroatoms. The van der Waals surface area contributed by atoms with Crippen molar-refractivity contribution in [3.05, 3.63) is 6.92 Å². The lowest BCUT2D eigenvalue weighted by Crippen LogP contribution is -2.34. The van der Waals surface area contributed by atoms with Gasteiger partial charge in [0.1, 0.15) is 0 Å². The highest BCUT2D eigenvalue weighted by Gasteiger charge is 2.22. The van der Waals surface area contributed by atoms with Crippen LogP contribution >= 0.6 is 0 Å². The molecule has 1 aliphatic heterocycles. The monoisotopic (exact) mass is 222 g/mol. The molecular formula is C15H28N. The van der Waals surface area contributed by atoms with Gasteiger partial charge in [-0.05, 0) is 57.2 Å². The van der Waals surface area contributed by atoms with E-state index in [1.807, 2.05) is 0 Å². The molecule has 0 unspecified atom stereocenters. The van der Waals surface area contributed by atoms with Crippen LogP contribution in [-0.4, -0.2) is 24.5 Å². The predicted octanol–water partition coefficient (Wildman–Crippen LogP) is 3.89. The zero-order chi connectivity index (χ0) is 11.2. The third kappa shape index (κ3) is 3.76. The van der Waals surface area contributed by atoms with Crippen molar-refractivity contribution in [3.63, 3.8) is 0 Å². The van der Waals surface area contributed by atoms with E-state index < -0.39 is 0 Å². The second kappa shape index (κ2) is 6.64. The smallest absolute Gasteiger partial charge is 0.00161 e. The van der Waals surface area contributed by atoms with Crippen LogP contribution in [0.3, 0.4) is 0 Å². The van der Waals surface area contributed by atoms with Crippen LogP contribution < -0.4 is 0 Å². The van der Waals surface area contributed by atoms with E-state index in [1.165, 1.54) is 71.0 Å². The van der Waals surface area contributed by atoms with Gasteiger partial charge in [-0.15, -0.1) is 0 Å². The molecular weight excluding hydrogens is 194 g/mol. The summed E-state index contributed by atoms with van der Waals surface area (Å²) >= 11 is 0. The number of rotatable bonds is 4. The number of likely N-dealkylation sites (tertiary alicyclic amines) is 1. The molecule has 2 aliphatic rings. The Morgan fingerprint density at radius 1 is 0.875 bits per heavy atom. The SMILES string of the molecule is [CH2]CCN1CCC(CC2CCCCC2)CC1. The Hall–Kier alpha value is -0.0400. The fourth-order valence-corrected chi connectivity index (χ4v) is 3.56. The summed E-state index contributed by atoms with van der Waals surface area (Å²) in [5.41, 5.74) is 0. The molecule has 1 radical (unpaired) electrons. The third-order valence-electron chi connectivity index (χ3n) is 4.57. The van der Waals surface area contributed by atoms with E-state index in [0.29, 0.717) is 0 Å². The first-order valence-corrected chi connectivity index (χ1v) is 7.40. The minimum Gasteiger partial charge on any atom is -0.303 e. The first-order chi connectivity index (χ1) is 7.88. The molecule has 2 fully saturated rings. The molecule has 1 aliphatic carbocycles. The van der Waals surface area contributed by atoms with Crippen LogP contribution in [0.25, 0.3) is 0 Å². The van der Waals surface area contributed by atoms with Gasteiger partial charge in [0.05, 0.1) is 0 Å². The summed E-state index contributed by atoms with van der Waals surface area (Å²) in [6, 6.07) is 0. The molecule has 1 saturated carbocycles. The van der Waals surface area contributed by atoms with Crippen molar-refractivity contribution in [1.82, 2.24) is 4.90 Å². The molecule has 16 heavy (non-hydrogen) atoms. The van der Waals surface area contributed by atoms with Gasteiger partial charge in [-0.3, -0.25) is 0 Å². The summed E-state index contributed by atoms with van der Waals surface area (Å²) in [4.78, 5) is 2.60. The second-order valence-electron chi connectivity index (χ2n) is 5.88. The summed E-state index contributed by atoms with van der Waals surface area (Å²) in [6.45, 7) is 7.85. The summed E-state index contributed by atoms with van der Waals surface area (Å²) in [6.07, 6.45) is 13.1. The van der Waals surface area contributed by atoms with Crippen molar-refractivity contribution in [1.29, 1.82) is 0 Å². The normalized spacial score (nSPS) is 26.1. The molecule has 1 heterocycles. The molecule has 1 nitrogen and oxygen atoms in total. The van der Waals surface area contributed by atoms with E-state index in [-0.39, 0.29) is 0 Å².